The highest BCUT2D eigenvalue weighted by molar-refractivity contribution is 5.94. The summed E-state index contributed by atoms with van der Waals surface area (Å²) >= 11 is 0. The average molecular weight is 356 g/mol. The van der Waals surface area contributed by atoms with Gasteiger partial charge in [-0.2, -0.15) is 4.98 Å². The molecule has 138 valence electrons. The minimum absolute atomic E-state index is 0.0938. The molecule has 0 radical (unpaired) electrons. The van der Waals surface area contributed by atoms with E-state index in [-0.39, 0.29) is 5.91 Å². The number of hydrogen-bond acceptors (Lipinski definition) is 6. The fourth-order valence-corrected chi connectivity index (χ4v) is 3.74. The van der Waals surface area contributed by atoms with Gasteiger partial charge in [0.15, 0.2) is 5.82 Å². The lowest BCUT2D eigenvalue weighted by atomic mass is 10.0. The molecule has 0 N–H and O–H groups in total. The number of rotatable bonds is 5. The minimum atomic E-state index is 0.0938. The van der Waals surface area contributed by atoms with Crippen molar-refractivity contribution in [2.45, 2.75) is 38.0 Å². The Labute approximate surface area is 152 Å². The highest BCUT2D eigenvalue weighted by Gasteiger charge is 2.27. The number of carbonyl (C=O) groups is 1. The molecule has 0 aromatic carbocycles. The van der Waals surface area contributed by atoms with E-state index in [2.05, 4.69) is 15.1 Å². The van der Waals surface area contributed by atoms with Gasteiger partial charge in [0.1, 0.15) is 0 Å². The van der Waals surface area contributed by atoms with Gasteiger partial charge in [-0.3, -0.25) is 9.78 Å². The van der Waals surface area contributed by atoms with E-state index in [0.717, 1.165) is 70.1 Å². The van der Waals surface area contributed by atoms with Crippen LogP contribution < -0.4 is 0 Å². The first-order valence-corrected chi connectivity index (χ1v) is 9.39. The molecule has 4 heterocycles. The lowest BCUT2D eigenvalue weighted by molar-refractivity contribution is 0.0778. The number of aryl methyl sites for hydroxylation is 1. The van der Waals surface area contributed by atoms with Gasteiger partial charge in [0.2, 0.25) is 5.89 Å². The predicted molar refractivity (Wildman–Crippen MR) is 93.7 cm³/mol. The van der Waals surface area contributed by atoms with Crippen molar-refractivity contribution in [1.29, 1.82) is 0 Å². The number of nitrogens with zero attached hydrogens (tertiary/aromatic N) is 4. The van der Waals surface area contributed by atoms with E-state index in [4.69, 9.17) is 9.26 Å². The largest absolute Gasteiger partial charge is 0.381 e. The molecular formula is C19H24N4O3. The van der Waals surface area contributed by atoms with Crippen LogP contribution in [0.1, 0.15) is 53.7 Å². The molecule has 0 saturated carbocycles. The van der Waals surface area contributed by atoms with E-state index >= 15 is 0 Å². The fourth-order valence-electron chi connectivity index (χ4n) is 3.74. The zero-order chi connectivity index (χ0) is 17.8. The van der Waals surface area contributed by atoms with Crippen molar-refractivity contribution in [3.05, 3.63) is 41.8 Å². The summed E-state index contributed by atoms with van der Waals surface area (Å²) in [5.41, 5.74) is 0.708. The minimum Gasteiger partial charge on any atom is -0.381 e. The first kappa shape index (κ1) is 17.1. The Hall–Kier alpha value is -2.28. The van der Waals surface area contributed by atoms with Crippen LogP contribution in [0, 0.1) is 5.92 Å². The number of aromatic nitrogens is 3. The molecule has 2 saturated heterocycles. The highest BCUT2D eigenvalue weighted by Crippen LogP contribution is 2.26. The molecule has 0 bridgehead atoms. The SMILES string of the molecule is O=C(c1ccncc1)N1CCC(CCc2noc(C3CCOCC3)n2)C1. The summed E-state index contributed by atoms with van der Waals surface area (Å²) in [7, 11) is 0. The maximum absolute atomic E-state index is 12.5. The van der Waals surface area contributed by atoms with Gasteiger partial charge in [0.05, 0.1) is 0 Å². The molecule has 26 heavy (non-hydrogen) atoms. The third-order valence-electron chi connectivity index (χ3n) is 5.33. The van der Waals surface area contributed by atoms with E-state index in [1.807, 2.05) is 4.90 Å². The van der Waals surface area contributed by atoms with Crippen LogP contribution in [-0.4, -0.2) is 52.2 Å². The van der Waals surface area contributed by atoms with Crippen LogP contribution >= 0.6 is 0 Å². The second-order valence-electron chi connectivity index (χ2n) is 7.12. The first-order chi connectivity index (χ1) is 12.8. The van der Waals surface area contributed by atoms with E-state index in [1.165, 1.54) is 0 Å². The zero-order valence-electron chi connectivity index (χ0n) is 14.8. The van der Waals surface area contributed by atoms with Crippen molar-refractivity contribution < 1.29 is 14.1 Å². The Morgan fingerprint density at radius 1 is 1.19 bits per heavy atom. The van der Waals surface area contributed by atoms with Crippen molar-refractivity contribution in [2.24, 2.45) is 5.92 Å². The molecule has 2 aliphatic rings. The van der Waals surface area contributed by atoms with Crippen molar-refractivity contribution in [2.75, 3.05) is 26.3 Å². The van der Waals surface area contributed by atoms with Gasteiger partial charge in [0, 0.05) is 56.6 Å². The molecule has 1 atom stereocenters. The molecule has 7 nitrogen and oxygen atoms in total. The second-order valence-corrected chi connectivity index (χ2v) is 7.12. The second kappa shape index (κ2) is 7.95. The Morgan fingerprint density at radius 2 is 2.00 bits per heavy atom. The maximum atomic E-state index is 12.5. The molecule has 2 aliphatic heterocycles. The van der Waals surface area contributed by atoms with Crippen LogP contribution in [0.3, 0.4) is 0 Å². The lowest BCUT2D eigenvalue weighted by Gasteiger charge is -2.18. The monoisotopic (exact) mass is 356 g/mol. The first-order valence-electron chi connectivity index (χ1n) is 9.39. The standard InChI is InChI=1S/C19H24N4O3/c24-19(16-3-8-20-9-4-16)23-10-5-14(13-23)1-2-17-21-18(26-22-17)15-6-11-25-12-7-15/h3-4,8-9,14-15H,1-2,5-7,10-13H2. The molecule has 1 amide bonds. The third-order valence-corrected chi connectivity index (χ3v) is 5.33. The van der Waals surface area contributed by atoms with Crippen molar-refractivity contribution >= 4 is 5.91 Å². The van der Waals surface area contributed by atoms with E-state index < -0.39 is 0 Å². The van der Waals surface area contributed by atoms with Crippen molar-refractivity contribution in [3.8, 4) is 0 Å². The molecule has 0 spiro atoms. The summed E-state index contributed by atoms with van der Waals surface area (Å²) in [4.78, 5) is 23.0. The van der Waals surface area contributed by atoms with Gasteiger partial charge < -0.3 is 14.2 Å². The molecule has 2 aromatic rings. The molecular weight excluding hydrogens is 332 g/mol. The number of ether oxygens (including phenoxy) is 1. The van der Waals surface area contributed by atoms with Gasteiger partial charge >= 0.3 is 0 Å². The number of hydrogen-bond donors (Lipinski definition) is 0. The van der Waals surface area contributed by atoms with Crippen LogP contribution in [0.25, 0.3) is 0 Å². The maximum Gasteiger partial charge on any atom is 0.253 e. The van der Waals surface area contributed by atoms with Crippen LogP contribution in [0.15, 0.2) is 29.0 Å². The van der Waals surface area contributed by atoms with Gasteiger partial charge in [0.25, 0.3) is 5.91 Å². The van der Waals surface area contributed by atoms with Crippen molar-refractivity contribution in [3.63, 3.8) is 0 Å². The Kier molecular flexibility index (Phi) is 5.24. The smallest absolute Gasteiger partial charge is 0.253 e. The van der Waals surface area contributed by atoms with Crippen LogP contribution in [0.4, 0.5) is 0 Å². The molecule has 4 rings (SSSR count). The number of amides is 1. The summed E-state index contributed by atoms with van der Waals surface area (Å²) in [6, 6.07) is 3.54. The number of carbonyl (C=O) groups excluding carboxylic acids is 1. The lowest BCUT2D eigenvalue weighted by Crippen LogP contribution is -2.28. The van der Waals surface area contributed by atoms with Crippen molar-refractivity contribution in [1.82, 2.24) is 20.0 Å². The van der Waals surface area contributed by atoms with E-state index in [9.17, 15) is 4.79 Å². The predicted octanol–water partition coefficient (Wildman–Crippen LogP) is 2.45. The average Bonchev–Trinajstić information content (AvgIpc) is 3.37. The Balaban J connectivity index is 1.27. The highest BCUT2D eigenvalue weighted by atomic mass is 16.5. The molecule has 7 heteroatoms. The topological polar surface area (TPSA) is 81.4 Å². The summed E-state index contributed by atoms with van der Waals surface area (Å²) in [6.45, 7) is 3.15. The summed E-state index contributed by atoms with van der Waals surface area (Å²) in [6.07, 6.45) is 8.04. The summed E-state index contributed by atoms with van der Waals surface area (Å²) < 4.78 is 10.8. The molecule has 2 fully saturated rings. The van der Waals surface area contributed by atoms with Crippen LogP contribution in [0.2, 0.25) is 0 Å². The van der Waals surface area contributed by atoms with E-state index in [0.29, 0.717) is 17.4 Å². The Morgan fingerprint density at radius 3 is 2.81 bits per heavy atom. The third kappa shape index (κ3) is 3.93. The zero-order valence-corrected chi connectivity index (χ0v) is 14.8. The van der Waals surface area contributed by atoms with Crippen LogP contribution in [-0.2, 0) is 11.2 Å². The van der Waals surface area contributed by atoms with Gasteiger partial charge in [-0.25, -0.2) is 0 Å². The molecule has 2 aromatic heterocycles. The van der Waals surface area contributed by atoms with Crippen LogP contribution in [0.5, 0.6) is 0 Å². The Bertz CT molecular complexity index is 727. The normalized spacial score (nSPS) is 21.2. The number of likely N-dealkylation sites (tertiary alicyclic amines) is 1. The summed E-state index contributed by atoms with van der Waals surface area (Å²) in [5, 5.41) is 4.14. The molecule has 1 unspecified atom stereocenters. The quantitative estimate of drug-likeness (QED) is 0.818. The van der Waals surface area contributed by atoms with E-state index in [1.54, 1.807) is 24.5 Å². The fraction of sp³-hybridized carbons (Fsp3) is 0.579. The van der Waals surface area contributed by atoms with Gasteiger partial charge in [-0.05, 0) is 43.7 Å². The summed E-state index contributed by atoms with van der Waals surface area (Å²) in [5.74, 6) is 2.46. The number of pyridine rings is 1. The van der Waals surface area contributed by atoms with Gasteiger partial charge in [-0.1, -0.05) is 5.16 Å². The van der Waals surface area contributed by atoms with Gasteiger partial charge in [-0.15, -0.1) is 0 Å². The molecule has 0 aliphatic carbocycles.